The van der Waals surface area contributed by atoms with E-state index in [-0.39, 0.29) is 4.90 Å². The van der Waals surface area contributed by atoms with Crippen LogP contribution >= 0.6 is 0 Å². The van der Waals surface area contributed by atoms with Crippen molar-refractivity contribution in [1.82, 2.24) is 9.38 Å². The molecule has 0 fully saturated rings. The van der Waals surface area contributed by atoms with Crippen LogP contribution in [0, 0.1) is 13.8 Å². The molecule has 120 valence electrons. The molecule has 0 saturated carbocycles. The van der Waals surface area contributed by atoms with E-state index in [9.17, 15) is 8.42 Å². The highest BCUT2D eigenvalue weighted by atomic mass is 32.2. The quantitative estimate of drug-likeness (QED) is 0.798. The minimum absolute atomic E-state index is 0.192. The highest BCUT2D eigenvalue weighted by Gasteiger charge is 2.16. The van der Waals surface area contributed by atoms with Gasteiger partial charge in [-0.3, -0.25) is 4.72 Å². The maximum absolute atomic E-state index is 12.5. The summed E-state index contributed by atoms with van der Waals surface area (Å²) in [6.07, 6.45) is 3.54. The van der Waals surface area contributed by atoms with Crippen molar-refractivity contribution in [2.75, 3.05) is 11.8 Å². The van der Waals surface area contributed by atoms with E-state index < -0.39 is 10.0 Å². The molecular formula is C16H17N3O3S. The van der Waals surface area contributed by atoms with Crippen LogP contribution in [0.4, 0.5) is 5.69 Å². The number of anilines is 1. The third-order valence-corrected chi connectivity index (χ3v) is 4.88. The second kappa shape index (κ2) is 5.58. The van der Waals surface area contributed by atoms with E-state index in [0.29, 0.717) is 11.4 Å². The van der Waals surface area contributed by atoms with E-state index in [2.05, 4.69) is 9.71 Å². The number of hydrogen-bond acceptors (Lipinski definition) is 4. The number of nitrogens with zero attached hydrogens (tertiary/aromatic N) is 2. The molecule has 7 heteroatoms. The van der Waals surface area contributed by atoms with Gasteiger partial charge in [0.2, 0.25) is 0 Å². The van der Waals surface area contributed by atoms with Gasteiger partial charge < -0.3 is 9.14 Å². The first kappa shape index (κ1) is 15.4. The zero-order valence-electron chi connectivity index (χ0n) is 13.1. The average molecular weight is 331 g/mol. The Morgan fingerprint density at radius 3 is 2.61 bits per heavy atom. The summed E-state index contributed by atoms with van der Waals surface area (Å²) in [5, 5.41) is 0. The first-order valence-electron chi connectivity index (χ1n) is 7.02. The fourth-order valence-electron chi connectivity index (χ4n) is 2.41. The number of hydrogen-bond donors (Lipinski definition) is 1. The molecule has 2 aromatic heterocycles. The Labute approximate surface area is 134 Å². The number of nitrogens with one attached hydrogen (secondary N) is 1. The number of aromatic nitrogens is 2. The van der Waals surface area contributed by atoms with Crippen molar-refractivity contribution < 1.29 is 13.2 Å². The third kappa shape index (κ3) is 3.00. The van der Waals surface area contributed by atoms with E-state index >= 15 is 0 Å². The number of benzene rings is 1. The Morgan fingerprint density at radius 1 is 1.13 bits per heavy atom. The zero-order valence-corrected chi connectivity index (χ0v) is 13.9. The van der Waals surface area contributed by atoms with E-state index in [1.807, 2.05) is 13.1 Å². The van der Waals surface area contributed by atoms with Crippen LogP contribution in [0.3, 0.4) is 0 Å². The first-order valence-corrected chi connectivity index (χ1v) is 8.50. The summed E-state index contributed by atoms with van der Waals surface area (Å²) in [7, 11) is -2.11. The second-order valence-corrected chi connectivity index (χ2v) is 6.98. The first-order chi connectivity index (χ1) is 10.9. The fraction of sp³-hybridized carbons (Fsp3) is 0.188. The molecule has 0 atom stereocenters. The summed E-state index contributed by atoms with van der Waals surface area (Å²) < 4.78 is 34.6. The van der Waals surface area contributed by atoms with Gasteiger partial charge in [0.1, 0.15) is 11.4 Å². The van der Waals surface area contributed by atoms with E-state index in [1.54, 1.807) is 48.9 Å². The number of imidazole rings is 1. The second-order valence-electron chi connectivity index (χ2n) is 5.30. The largest absolute Gasteiger partial charge is 0.496 e. The molecule has 0 aliphatic rings. The van der Waals surface area contributed by atoms with Crippen molar-refractivity contribution in [3.05, 3.63) is 54.0 Å². The number of aryl methyl sites for hydroxylation is 2. The zero-order chi connectivity index (χ0) is 16.6. The Balaban J connectivity index is 1.94. The molecule has 6 nitrogen and oxygen atoms in total. The van der Waals surface area contributed by atoms with Gasteiger partial charge in [-0.1, -0.05) is 0 Å². The smallest absolute Gasteiger partial charge is 0.261 e. The van der Waals surface area contributed by atoms with Gasteiger partial charge in [-0.2, -0.15) is 0 Å². The van der Waals surface area contributed by atoms with Crippen molar-refractivity contribution in [2.45, 2.75) is 18.7 Å². The minimum Gasteiger partial charge on any atom is -0.496 e. The molecule has 0 radical (unpaired) electrons. The molecule has 0 amide bonds. The Kier molecular flexibility index (Phi) is 3.73. The normalized spacial score (nSPS) is 11.6. The minimum atomic E-state index is -3.66. The van der Waals surface area contributed by atoms with Crippen molar-refractivity contribution in [2.24, 2.45) is 0 Å². The Bertz CT molecular complexity index is 977. The lowest BCUT2D eigenvalue weighted by Gasteiger charge is -2.10. The van der Waals surface area contributed by atoms with Gasteiger partial charge in [-0.05, 0) is 49.7 Å². The molecule has 0 bridgehead atoms. The molecule has 3 aromatic rings. The van der Waals surface area contributed by atoms with Crippen molar-refractivity contribution in [3.63, 3.8) is 0 Å². The number of methoxy groups -OCH3 is 1. The molecule has 0 unspecified atom stereocenters. The van der Waals surface area contributed by atoms with Crippen LogP contribution in [0.1, 0.15) is 11.3 Å². The van der Waals surface area contributed by atoms with Crippen molar-refractivity contribution in [1.29, 1.82) is 0 Å². The van der Waals surface area contributed by atoms with Crippen LogP contribution < -0.4 is 9.46 Å². The lowest BCUT2D eigenvalue weighted by molar-refractivity contribution is 0.411. The molecule has 23 heavy (non-hydrogen) atoms. The van der Waals surface area contributed by atoms with Crippen LogP contribution in [-0.2, 0) is 10.0 Å². The monoisotopic (exact) mass is 331 g/mol. The summed E-state index contributed by atoms with van der Waals surface area (Å²) in [6.45, 7) is 3.69. The molecule has 0 aliphatic carbocycles. The van der Waals surface area contributed by atoms with Crippen LogP contribution in [0.25, 0.3) is 5.65 Å². The summed E-state index contributed by atoms with van der Waals surface area (Å²) in [5.74, 6) is 0.652. The molecular weight excluding hydrogens is 314 g/mol. The van der Waals surface area contributed by atoms with E-state index in [0.717, 1.165) is 16.9 Å². The Morgan fingerprint density at radius 2 is 1.91 bits per heavy atom. The number of fused-ring (bicyclic) bond motifs is 1. The predicted octanol–water partition coefficient (Wildman–Crippen LogP) is 2.76. The molecule has 0 spiro atoms. The van der Waals surface area contributed by atoms with Crippen molar-refractivity contribution >= 4 is 21.4 Å². The van der Waals surface area contributed by atoms with Crippen LogP contribution in [-0.4, -0.2) is 24.9 Å². The molecule has 3 rings (SSSR count). The van der Waals surface area contributed by atoms with Gasteiger partial charge in [-0.15, -0.1) is 0 Å². The summed E-state index contributed by atoms with van der Waals surface area (Å²) in [5.41, 5.74) is 2.88. The number of rotatable bonds is 4. The van der Waals surface area contributed by atoms with E-state index in [4.69, 9.17) is 4.74 Å². The maximum Gasteiger partial charge on any atom is 0.261 e. The van der Waals surface area contributed by atoms with Gasteiger partial charge in [0.15, 0.2) is 0 Å². The van der Waals surface area contributed by atoms with Gasteiger partial charge in [-0.25, -0.2) is 13.4 Å². The molecule has 1 aromatic carbocycles. The molecule has 0 saturated heterocycles. The van der Waals surface area contributed by atoms with Gasteiger partial charge in [0, 0.05) is 12.4 Å². The van der Waals surface area contributed by atoms with Crippen LogP contribution in [0.2, 0.25) is 0 Å². The lowest BCUT2D eigenvalue weighted by Crippen LogP contribution is -2.13. The molecule has 1 N–H and O–H groups in total. The Hall–Kier alpha value is -2.54. The summed E-state index contributed by atoms with van der Waals surface area (Å²) in [4.78, 5) is 4.50. The number of sulfonamides is 1. The third-order valence-electron chi connectivity index (χ3n) is 3.50. The van der Waals surface area contributed by atoms with Gasteiger partial charge >= 0.3 is 0 Å². The van der Waals surface area contributed by atoms with Gasteiger partial charge in [0.05, 0.1) is 23.4 Å². The average Bonchev–Trinajstić information content (AvgIpc) is 2.86. The topological polar surface area (TPSA) is 72.7 Å². The highest BCUT2D eigenvalue weighted by Crippen LogP contribution is 2.23. The molecule has 0 aliphatic heterocycles. The van der Waals surface area contributed by atoms with Crippen LogP contribution in [0.5, 0.6) is 5.75 Å². The number of ether oxygens (including phenoxy) is 1. The summed E-state index contributed by atoms with van der Waals surface area (Å²) in [6, 6.07) is 8.21. The summed E-state index contributed by atoms with van der Waals surface area (Å²) >= 11 is 0. The predicted molar refractivity (Wildman–Crippen MR) is 88.5 cm³/mol. The van der Waals surface area contributed by atoms with Crippen LogP contribution in [0.15, 0.2) is 47.6 Å². The fourth-order valence-corrected chi connectivity index (χ4v) is 3.54. The highest BCUT2D eigenvalue weighted by molar-refractivity contribution is 7.92. The van der Waals surface area contributed by atoms with Gasteiger partial charge in [0.25, 0.3) is 10.0 Å². The van der Waals surface area contributed by atoms with E-state index in [1.165, 1.54) is 6.07 Å². The standard InChI is InChI=1S/C16H17N3O3S/c1-11-8-14(5-6-15(11)22-3)23(20,21)18-13-4-7-16-17-12(2)9-19(16)10-13/h4-10,18H,1-3H3. The number of pyridine rings is 1. The molecule has 2 heterocycles. The SMILES string of the molecule is COc1ccc(S(=O)(=O)Nc2ccc3nc(C)cn3c2)cc1C. The maximum atomic E-state index is 12.5. The lowest BCUT2D eigenvalue weighted by atomic mass is 10.2. The van der Waals surface area contributed by atoms with Crippen molar-refractivity contribution in [3.8, 4) is 5.75 Å².